The average Bonchev–Trinajstić information content (AvgIpc) is 2.89. The summed E-state index contributed by atoms with van der Waals surface area (Å²) in [5.74, 6) is -0.664. The lowest BCUT2D eigenvalue weighted by molar-refractivity contribution is -0.137. The van der Waals surface area contributed by atoms with Crippen molar-refractivity contribution in [2.24, 2.45) is 0 Å². The topological polar surface area (TPSA) is 54.4 Å². The quantitative estimate of drug-likeness (QED) is 0.0549. The molecule has 0 saturated heterocycles. The second-order valence-corrected chi connectivity index (χ2v) is 11.6. The molecule has 38 heavy (non-hydrogen) atoms. The second kappa shape index (κ2) is 36.2. The van der Waals surface area contributed by atoms with E-state index in [1.165, 1.54) is 148 Å². The number of thiol groups is 1. The zero-order valence-corrected chi connectivity index (χ0v) is 26.6. The molecule has 0 atom stereocenters. The maximum absolute atomic E-state index is 10.6. The monoisotopic (exact) mass is 554 g/mol. The molecule has 0 aromatic carbocycles. The van der Waals surface area contributed by atoms with Gasteiger partial charge in [0.25, 0.3) is 0 Å². The first-order valence-electron chi connectivity index (χ1n) is 16.6. The molecule has 0 amide bonds. The first-order chi connectivity index (χ1) is 18.5. The van der Waals surface area contributed by atoms with Crippen LogP contribution >= 0.6 is 12.6 Å². The van der Waals surface area contributed by atoms with E-state index >= 15 is 0 Å². The third-order valence-corrected chi connectivity index (χ3v) is 7.37. The van der Waals surface area contributed by atoms with Gasteiger partial charge in [0.1, 0.15) is 0 Å². The fourth-order valence-electron chi connectivity index (χ4n) is 4.64. The van der Waals surface area contributed by atoms with Gasteiger partial charge in [-0.3, -0.25) is 9.59 Å². The van der Waals surface area contributed by atoms with Crippen LogP contribution in [0.3, 0.4) is 0 Å². The Morgan fingerprint density at radius 1 is 0.474 bits per heavy atom. The molecule has 0 aromatic rings. The van der Waals surface area contributed by atoms with Gasteiger partial charge in [-0.25, -0.2) is 0 Å². The van der Waals surface area contributed by atoms with Gasteiger partial charge in [0.15, 0.2) is 5.12 Å². The molecule has 0 saturated carbocycles. The molecule has 4 heteroatoms. The van der Waals surface area contributed by atoms with E-state index in [0.29, 0.717) is 12.8 Å². The maximum atomic E-state index is 10.6. The molecule has 3 nitrogen and oxygen atoms in total. The summed E-state index contributed by atoms with van der Waals surface area (Å²) in [5.41, 5.74) is 0. The molecular formula is C34H66O3S. The van der Waals surface area contributed by atoms with E-state index in [0.717, 1.165) is 19.3 Å². The highest BCUT2D eigenvalue weighted by molar-refractivity contribution is 7.96. The number of hydrogen-bond donors (Lipinski definition) is 2. The lowest BCUT2D eigenvalue weighted by Gasteiger charge is -2.02. The van der Waals surface area contributed by atoms with Gasteiger partial charge in [-0.15, -0.1) is 12.6 Å². The SMILES string of the molecule is CCCCCCCCC=CCCCCCCCC(=O)O.CCCCCCCCCCCCCCCC(=O)S. The molecule has 0 aliphatic heterocycles. The first-order valence-corrected chi connectivity index (χ1v) is 17.1. The second-order valence-electron chi connectivity index (χ2n) is 11.1. The zero-order valence-electron chi connectivity index (χ0n) is 25.7. The molecular weight excluding hydrogens is 488 g/mol. The van der Waals surface area contributed by atoms with Gasteiger partial charge in [-0.05, 0) is 38.5 Å². The van der Waals surface area contributed by atoms with Crippen LogP contribution in [0, 0.1) is 0 Å². The van der Waals surface area contributed by atoms with Gasteiger partial charge in [-0.2, -0.15) is 0 Å². The standard InChI is InChI=1S/C18H34O2.C16H32OS/c1-2-3-4-5-6-7-8-9-10-11-12-13-14-15-16-17-18(19)20;1-2-3-4-5-6-7-8-9-10-11-12-13-14-15-16(17)18/h9-10H,2-8,11-17H2,1H3,(H,19,20);2-15H2,1H3,(H,17,18). The lowest BCUT2D eigenvalue weighted by Crippen LogP contribution is -1.93. The fraction of sp³-hybridized carbons (Fsp3) is 0.882. The summed E-state index contributed by atoms with van der Waals surface area (Å²) in [5, 5.41) is 8.55. The molecule has 0 fully saturated rings. The number of allylic oxidation sites excluding steroid dienone is 2. The predicted molar refractivity (Wildman–Crippen MR) is 171 cm³/mol. The van der Waals surface area contributed by atoms with Crippen LogP contribution in [0.25, 0.3) is 0 Å². The van der Waals surface area contributed by atoms with Gasteiger partial charge in [0.2, 0.25) is 0 Å². The Hall–Kier alpha value is -0.770. The van der Waals surface area contributed by atoms with E-state index in [2.05, 4.69) is 38.6 Å². The third-order valence-electron chi connectivity index (χ3n) is 7.15. The Bertz CT molecular complexity index is 504. The number of aliphatic carboxylic acids is 1. The van der Waals surface area contributed by atoms with E-state index in [1.807, 2.05) is 0 Å². The summed E-state index contributed by atoms with van der Waals surface area (Å²) >= 11 is 3.77. The van der Waals surface area contributed by atoms with Crippen molar-refractivity contribution in [3.63, 3.8) is 0 Å². The number of carbonyl (C=O) groups excluding carboxylic acids is 1. The Morgan fingerprint density at radius 2 is 0.763 bits per heavy atom. The van der Waals surface area contributed by atoms with Crippen molar-refractivity contribution in [1.29, 1.82) is 0 Å². The van der Waals surface area contributed by atoms with E-state index in [4.69, 9.17) is 5.11 Å². The summed E-state index contributed by atoms with van der Waals surface area (Å²) in [6.07, 6.45) is 39.4. The Kier molecular flexibility index (Phi) is 37.5. The van der Waals surface area contributed by atoms with Crippen molar-refractivity contribution in [3.8, 4) is 0 Å². The number of carboxylic acid groups (broad SMARTS) is 1. The molecule has 0 radical (unpaired) electrons. The van der Waals surface area contributed by atoms with Crippen LogP contribution < -0.4 is 0 Å². The van der Waals surface area contributed by atoms with Crippen LogP contribution in [0.5, 0.6) is 0 Å². The minimum absolute atomic E-state index is 0.0399. The number of carbonyl (C=O) groups is 2. The van der Waals surface area contributed by atoms with Gasteiger partial charge >= 0.3 is 5.97 Å². The van der Waals surface area contributed by atoms with Crippen molar-refractivity contribution in [1.82, 2.24) is 0 Å². The highest BCUT2D eigenvalue weighted by Gasteiger charge is 1.97. The van der Waals surface area contributed by atoms with Gasteiger partial charge in [-0.1, -0.05) is 154 Å². The van der Waals surface area contributed by atoms with Crippen LogP contribution in [0.1, 0.15) is 194 Å². The van der Waals surface area contributed by atoms with E-state index in [1.54, 1.807) is 0 Å². The molecule has 226 valence electrons. The number of unbranched alkanes of at least 4 members (excludes halogenated alkanes) is 23. The van der Waals surface area contributed by atoms with Gasteiger partial charge in [0.05, 0.1) is 0 Å². The highest BCUT2D eigenvalue weighted by atomic mass is 32.1. The van der Waals surface area contributed by atoms with Crippen LogP contribution in [0.15, 0.2) is 12.2 Å². The van der Waals surface area contributed by atoms with Crippen molar-refractivity contribution in [2.45, 2.75) is 194 Å². The van der Waals surface area contributed by atoms with Gasteiger partial charge < -0.3 is 5.11 Å². The molecule has 0 spiro atoms. The normalized spacial score (nSPS) is 11.0. The maximum Gasteiger partial charge on any atom is 0.303 e. The molecule has 1 N–H and O–H groups in total. The van der Waals surface area contributed by atoms with E-state index < -0.39 is 5.97 Å². The highest BCUT2D eigenvalue weighted by Crippen LogP contribution is 2.13. The van der Waals surface area contributed by atoms with Crippen molar-refractivity contribution in [3.05, 3.63) is 12.2 Å². The molecule has 0 bridgehead atoms. The summed E-state index contributed by atoms with van der Waals surface area (Å²) in [6, 6.07) is 0. The smallest absolute Gasteiger partial charge is 0.303 e. The molecule has 0 aliphatic rings. The van der Waals surface area contributed by atoms with Crippen LogP contribution in [-0.4, -0.2) is 16.2 Å². The fourth-order valence-corrected chi connectivity index (χ4v) is 4.80. The van der Waals surface area contributed by atoms with E-state index in [9.17, 15) is 9.59 Å². The predicted octanol–water partition coefficient (Wildman–Crippen LogP) is 12.0. The Balaban J connectivity index is 0. The van der Waals surface area contributed by atoms with Crippen LogP contribution in [0.2, 0.25) is 0 Å². The average molecular weight is 555 g/mol. The van der Waals surface area contributed by atoms with Crippen molar-refractivity contribution >= 4 is 23.7 Å². The van der Waals surface area contributed by atoms with Crippen molar-refractivity contribution < 1.29 is 14.7 Å². The summed E-state index contributed by atoms with van der Waals surface area (Å²) in [4.78, 5) is 20.9. The Morgan fingerprint density at radius 3 is 1.08 bits per heavy atom. The largest absolute Gasteiger partial charge is 0.481 e. The summed E-state index contributed by atoms with van der Waals surface area (Å²) in [6.45, 7) is 4.53. The third kappa shape index (κ3) is 42.3. The van der Waals surface area contributed by atoms with Crippen LogP contribution in [0.4, 0.5) is 0 Å². The summed E-state index contributed by atoms with van der Waals surface area (Å²) < 4.78 is 0. The minimum atomic E-state index is -0.664. The summed E-state index contributed by atoms with van der Waals surface area (Å²) in [7, 11) is 0. The molecule has 0 rings (SSSR count). The minimum Gasteiger partial charge on any atom is -0.481 e. The lowest BCUT2D eigenvalue weighted by atomic mass is 10.0. The van der Waals surface area contributed by atoms with E-state index in [-0.39, 0.29) is 5.12 Å². The van der Waals surface area contributed by atoms with Gasteiger partial charge in [0, 0.05) is 12.8 Å². The molecule has 0 heterocycles. The first kappa shape index (κ1) is 39.4. The molecule has 0 aromatic heterocycles. The number of carboxylic acids is 1. The zero-order chi connectivity index (χ0) is 28.4. The number of rotatable bonds is 29. The number of hydrogen-bond acceptors (Lipinski definition) is 2. The molecule has 0 aliphatic carbocycles. The Labute approximate surface area is 243 Å². The van der Waals surface area contributed by atoms with Crippen LogP contribution in [-0.2, 0) is 9.59 Å². The van der Waals surface area contributed by atoms with Crippen molar-refractivity contribution in [2.75, 3.05) is 0 Å². The molecule has 0 unspecified atom stereocenters.